The Labute approximate surface area is 233 Å². The summed E-state index contributed by atoms with van der Waals surface area (Å²) in [6.45, 7) is -0.392. The Bertz CT molecular complexity index is 1530. The summed E-state index contributed by atoms with van der Waals surface area (Å²) in [5, 5.41) is 16.8. The summed E-state index contributed by atoms with van der Waals surface area (Å²) >= 11 is 0. The van der Waals surface area contributed by atoms with Crippen LogP contribution in [0, 0.1) is 0 Å². The molecule has 12 heteroatoms. The molecule has 0 bridgehead atoms. The first-order valence-electron chi connectivity index (χ1n) is 12.5. The van der Waals surface area contributed by atoms with E-state index in [1.165, 1.54) is 12.1 Å². The average Bonchev–Trinajstić information content (AvgIpc) is 3.63. The van der Waals surface area contributed by atoms with Crippen LogP contribution in [0.3, 0.4) is 0 Å². The largest absolute Gasteiger partial charge is 0.476 e. The van der Waals surface area contributed by atoms with E-state index in [9.17, 15) is 24.3 Å². The Morgan fingerprint density at radius 3 is 1.71 bits per heavy atom. The lowest BCUT2D eigenvalue weighted by atomic mass is 10.1. The van der Waals surface area contributed by atoms with Crippen LogP contribution in [0.5, 0.6) is 0 Å². The standard InChI is InChI=1S/C29H23N3O9/c33-26(34)21-16-32(31-30-21)25-24(41-29(37)20-14-8-3-9-15-20)23(40-28(36)19-12-6-2-7-13-19)22(39-25)17-38-27(35)18-10-4-1-5-11-18/h1-16,22-25H,17H2,(H,33,34)/t22-,23-,24-,25-/m1/s1. The van der Waals surface area contributed by atoms with Crippen molar-refractivity contribution in [2.75, 3.05) is 6.61 Å². The Kier molecular flexibility index (Phi) is 8.11. The van der Waals surface area contributed by atoms with Gasteiger partial charge in [0.25, 0.3) is 0 Å². The van der Waals surface area contributed by atoms with Gasteiger partial charge in [-0.2, -0.15) is 0 Å². The number of ether oxygens (including phenoxy) is 4. The van der Waals surface area contributed by atoms with E-state index in [-0.39, 0.29) is 16.7 Å². The molecule has 1 fully saturated rings. The lowest BCUT2D eigenvalue weighted by Gasteiger charge is -2.24. The van der Waals surface area contributed by atoms with Gasteiger partial charge in [0.1, 0.15) is 12.7 Å². The minimum Gasteiger partial charge on any atom is -0.476 e. The van der Waals surface area contributed by atoms with E-state index in [1.54, 1.807) is 78.9 Å². The molecule has 0 amide bonds. The first-order chi connectivity index (χ1) is 19.9. The van der Waals surface area contributed by atoms with E-state index in [0.717, 1.165) is 10.9 Å². The predicted octanol–water partition coefficient (Wildman–Crippen LogP) is 3.18. The topological polar surface area (TPSA) is 156 Å². The Morgan fingerprint density at radius 2 is 1.22 bits per heavy atom. The summed E-state index contributed by atoms with van der Waals surface area (Å²) in [5.41, 5.74) is 0.328. The number of carbonyl (C=O) groups excluding carboxylic acids is 3. The number of aromatic nitrogens is 3. The molecule has 5 rings (SSSR count). The van der Waals surface area contributed by atoms with Crippen molar-refractivity contribution in [2.24, 2.45) is 0 Å². The number of aromatic carboxylic acids is 1. The Morgan fingerprint density at radius 1 is 0.732 bits per heavy atom. The highest BCUT2D eigenvalue weighted by atomic mass is 16.7. The van der Waals surface area contributed by atoms with Gasteiger partial charge in [-0.3, -0.25) is 0 Å². The Hall–Kier alpha value is -5.36. The van der Waals surface area contributed by atoms with Crippen LogP contribution in [0.2, 0.25) is 0 Å². The van der Waals surface area contributed by atoms with Crippen LogP contribution in [-0.2, 0) is 18.9 Å². The summed E-state index contributed by atoms with van der Waals surface area (Å²) in [6.07, 6.45) is -3.95. The maximum Gasteiger partial charge on any atom is 0.358 e. The zero-order valence-electron chi connectivity index (χ0n) is 21.3. The lowest BCUT2D eigenvalue weighted by Crippen LogP contribution is -2.41. The molecule has 1 aliphatic heterocycles. The summed E-state index contributed by atoms with van der Waals surface area (Å²) in [6, 6.07) is 24.4. The fourth-order valence-electron chi connectivity index (χ4n) is 4.17. The van der Waals surface area contributed by atoms with Crippen molar-refractivity contribution in [3.63, 3.8) is 0 Å². The van der Waals surface area contributed by atoms with Gasteiger partial charge in [0, 0.05) is 0 Å². The highest BCUT2D eigenvalue weighted by Crippen LogP contribution is 2.35. The van der Waals surface area contributed by atoms with Gasteiger partial charge in [-0.15, -0.1) is 5.10 Å². The first kappa shape index (κ1) is 27.2. The number of benzene rings is 3. The molecule has 3 aromatic carbocycles. The van der Waals surface area contributed by atoms with Gasteiger partial charge in [-0.25, -0.2) is 23.9 Å². The number of esters is 3. The highest BCUT2D eigenvalue weighted by molar-refractivity contribution is 5.91. The number of nitrogens with zero attached hydrogens (tertiary/aromatic N) is 3. The molecule has 208 valence electrons. The third-order valence-electron chi connectivity index (χ3n) is 6.17. The van der Waals surface area contributed by atoms with E-state index in [4.69, 9.17) is 18.9 Å². The summed E-state index contributed by atoms with van der Waals surface area (Å²) in [7, 11) is 0. The van der Waals surface area contributed by atoms with E-state index in [0.29, 0.717) is 0 Å². The van der Waals surface area contributed by atoms with Crippen molar-refractivity contribution in [3.8, 4) is 0 Å². The smallest absolute Gasteiger partial charge is 0.358 e. The van der Waals surface area contributed by atoms with E-state index >= 15 is 0 Å². The van der Waals surface area contributed by atoms with Crippen molar-refractivity contribution in [1.29, 1.82) is 0 Å². The SMILES string of the molecule is O=C(OC[C@H]1O[C@@H](n2cc(C(=O)O)nn2)[C@H](OC(=O)c2ccccc2)[C@@H]1OC(=O)c1ccccc1)c1ccccc1. The van der Waals surface area contributed by atoms with Gasteiger partial charge < -0.3 is 24.1 Å². The van der Waals surface area contributed by atoms with Crippen LogP contribution < -0.4 is 0 Å². The predicted molar refractivity (Wildman–Crippen MR) is 139 cm³/mol. The van der Waals surface area contributed by atoms with Crippen LogP contribution in [0.4, 0.5) is 0 Å². The molecule has 0 saturated carbocycles. The fourth-order valence-corrected chi connectivity index (χ4v) is 4.17. The van der Waals surface area contributed by atoms with Gasteiger partial charge >= 0.3 is 23.9 Å². The van der Waals surface area contributed by atoms with Crippen molar-refractivity contribution in [1.82, 2.24) is 15.0 Å². The molecule has 41 heavy (non-hydrogen) atoms. The molecule has 1 N–H and O–H groups in total. The Balaban J connectivity index is 1.47. The molecular weight excluding hydrogens is 534 g/mol. The third kappa shape index (κ3) is 6.28. The van der Waals surface area contributed by atoms with Gasteiger partial charge in [-0.1, -0.05) is 59.8 Å². The van der Waals surface area contributed by atoms with Crippen LogP contribution in [0.1, 0.15) is 47.8 Å². The van der Waals surface area contributed by atoms with E-state index in [2.05, 4.69) is 10.3 Å². The molecule has 12 nitrogen and oxygen atoms in total. The zero-order chi connectivity index (χ0) is 28.8. The number of carboxylic acid groups (broad SMARTS) is 1. The molecule has 0 aliphatic carbocycles. The summed E-state index contributed by atoms with van der Waals surface area (Å²) in [4.78, 5) is 50.3. The molecule has 4 atom stereocenters. The fraction of sp³-hybridized carbons (Fsp3) is 0.172. The van der Waals surface area contributed by atoms with Crippen LogP contribution in [0.15, 0.2) is 97.2 Å². The molecule has 1 saturated heterocycles. The monoisotopic (exact) mass is 557 g/mol. The van der Waals surface area contributed by atoms with Gasteiger partial charge in [0.05, 0.1) is 22.9 Å². The van der Waals surface area contributed by atoms with Crippen molar-refractivity contribution >= 4 is 23.9 Å². The number of hydrogen-bond donors (Lipinski definition) is 1. The normalized spacial score (nSPS) is 19.7. The van der Waals surface area contributed by atoms with Crippen molar-refractivity contribution in [3.05, 3.63) is 120 Å². The molecule has 2 heterocycles. The molecule has 0 unspecified atom stereocenters. The molecular formula is C29H23N3O9. The quantitative estimate of drug-likeness (QED) is 0.238. The number of rotatable bonds is 9. The second kappa shape index (κ2) is 12.2. The van der Waals surface area contributed by atoms with Crippen LogP contribution in [0.25, 0.3) is 0 Å². The van der Waals surface area contributed by atoms with E-state index in [1.807, 2.05) is 0 Å². The zero-order valence-corrected chi connectivity index (χ0v) is 21.3. The highest BCUT2D eigenvalue weighted by Gasteiger charge is 2.52. The molecule has 1 aromatic heterocycles. The first-order valence-corrected chi connectivity index (χ1v) is 12.5. The third-order valence-corrected chi connectivity index (χ3v) is 6.17. The summed E-state index contributed by atoms with van der Waals surface area (Å²) < 4.78 is 24.2. The van der Waals surface area contributed by atoms with Gasteiger partial charge in [0.2, 0.25) is 0 Å². The molecule has 0 spiro atoms. The molecule has 0 radical (unpaired) electrons. The molecule has 1 aliphatic rings. The van der Waals surface area contributed by atoms with Crippen molar-refractivity contribution in [2.45, 2.75) is 24.5 Å². The summed E-state index contributed by atoms with van der Waals surface area (Å²) in [5.74, 6) is -3.50. The molecule has 4 aromatic rings. The second-order valence-electron chi connectivity index (χ2n) is 8.89. The number of carbonyl (C=O) groups is 4. The van der Waals surface area contributed by atoms with E-state index < -0.39 is 60.7 Å². The minimum atomic E-state index is -1.34. The van der Waals surface area contributed by atoms with Gasteiger partial charge in [0.15, 0.2) is 24.1 Å². The lowest BCUT2D eigenvalue weighted by molar-refractivity contribution is -0.0678. The maximum absolute atomic E-state index is 13.1. The second-order valence-corrected chi connectivity index (χ2v) is 8.89. The van der Waals surface area contributed by atoms with Crippen molar-refractivity contribution < 1.29 is 43.2 Å². The van der Waals surface area contributed by atoms with Gasteiger partial charge in [-0.05, 0) is 36.4 Å². The average molecular weight is 558 g/mol. The number of hydrogen-bond acceptors (Lipinski definition) is 10. The minimum absolute atomic E-state index is 0.211. The number of carboxylic acids is 1. The van der Waals surface area contributed by atoms with Crippen LogP contribution >= 0.6 is 0 Å². The van der Waals surface area contributed by atoms with Crippen LogP contribution in [-0.4, -0.2) is 68.9 Å². The maximum atomic E-state index is 13.1.